The molecule has 1 aliphatic carbocycles. The number of methoxy groups -OCH3 is 2. The third-order valence-electron chi connectivity index (χ3n) is 8.22. The Morgan fingerprint density at radius 3 is 2.49 bits per heavy atom. The molecule has 3 atom stereocenters. The molecule has 1 saturated carbocycles. The molecule has 2 fully saturated rings. The molecule has 3 unspecified atom stereocenters. The van der Waals surface area contributed by atoms with Crippen molar-refractivity contribution in [3.8, 4) is 11.5 Å². The summed E-state index contributed by atoms with van der Waals surface area (Å²) in [5.41, 5.74) is 1.47. The number of benzene rings is 2. The lowest BCUT2D eigenvalue weighted by atomic mass is 9.65. The number of anilines is 1. The van der Waals surface area contributed by atoms with E-state index in [9.17, 15) is 13.6 Å². The summed E-state index contributed by atoms with van der Waals surface area (Å²) >= 11 is 0. The Bertz CT molecular complexity index is 1170. The van der Waals surface area contributed by atoms with Gasteiger partial charge in [0.15, 0.2) is 23.1 Å². The summed E-state index contributed by atoms with van der Waals surface area (Å²) in [6.45, 7) is 7.49. The second-order valence-corrected chi connectivity index (χ2v) is 12.1. The maximum atomic E-state index is 13.6. The minimum absolute atomic E-state index is 0.0499. The molecule has 2 N–H and O–H groups in total. The number of fused-ring (bicyclic) bond motifs is 1. The molecule has 2 aliphatic rings. The SMILES string of the molecule is COc1ccc(C23CCC(NC(=O)Nc4ccc(F)c(F)c4)CC2N(CC(C)(C)CN(C)C)CC3)cc1OC. The van der Waals surface area contributed by atoms with Crippen LogP contribution < -0.4 is 20.1 Å². The molecular weight excluding hydrogens is 502 g/mol. The molecule has 39 heavy (non-hydrogen) atoms. The van der Waals surface area contributed by atoms with Gasteiger partial charge in [-0.25, -0.2) is 13.6 Å². The van der Waals surface area contributed by atoms with E-state index in [2.05, 4.69) is 60.5 Å². The molecule has 2 amide bonds. The van der Waals surface area contributed by atoms with E-state index in [1.165, 1.54) is 11.6 Å². The third-order valence-corrected chi connectivity index (χ3v) is 8.22. The van der Waals surface area contributed by atoms with Crippen LogP contribution in [0.15, 0.2) is 36.4 Å². The van der Waals surface area contributed by atoms with E-state index in [4.69, 9.17) is 9.47 Å². The Balaban J connectivity index is 1.57. The first kappa shape index (κ1) is 29.1. The number of likely N-dealkylation sites (tertiary alicyclic amines) is 1. The number of amides is 2. The highest BCUT2D eigenvalue weighted by molar-refractivity contribution is 5.89. The molecule has 214 valence electrons. The largest absolute Gasteiger partial charge is 0.493 e. The van der Waals surface area contributed by atoms with Gasteiger partial charge in [0.25, 0.3) is 0 Å². The summed E-state index contributed by atoms with van der Waals surface area (Å²) in [6, 6.07) is 9.37. The average Bonchev–Trinajstić information content (AvgIpc) is 3.23. The first-order valence-electron chi connectivity index (χ1n) is 13.6. The number of nitrogens with zero attached hydrogens (tertiary/aromatic N) is 2. The highest BCUT2D eigenvalue weighted by atomic mass is 19.2. The Morgan fingerprint density at radius 2 is 1.82 bits per heavy atom. The van der Waals surface area contributed by atoms with E-state index in [-0.39, 0.29) is 28.6 Å². The lowest BCUT2D eigenvalue weighted by molar-refractivity contribution is 0.0885. The topological polar surface area (TPSA) is 66.1 Å². The summed E-state index contributed by atoms with van der Waals surface area (Å²) in [4.78, 5) is 17.6. The molecule has 1 saturated heterocycles. The molecular formula is C30H42F2N4O3. The van der Waals surface area contributed by atoms with E-state index in [1.54, 1.807) is 14.2 Å². The van der Waals surface area contributed by atoms with Crippen LogP contribution in [0, 0.1) is 17.0 Å². The van der Waals surface area contributed by atoms with Gasteiger partial charge in [-0.1, -0.05) is 19.9 Å². The lowest BCUT2D eigenvalue weighted by Crippen LogP contribution is -2.54. The number of carbonyl (C=O) groups excluding carboxylic acids is 1. The van der Waals surface area contributed by atoms with Crippen molar-refractivity contribution < 1.29 is 23.0 Å². The van der Waals surface area contributed by atoms with Crippen molar-refractivity contribution in [3.63, 3.8) is 0 Å². The predicted octanol–water partition coefficient (Wildman–Crippen LogP) is 5.26. The monoisotopic (exact) mass is 544 g/mol. The predicted molar refractivity (Wildman–Crippen MR) is 150 cm³/mol. The first-order valence-corrected chi connectivity index (χ1v) is 13.6. The van der Waals surface area contributed by atoms with Crippen molar-refractivity contribution in [1.82, 2.24) is 15.1 Å². The highest BCUT2D eigenvalue weighted by Crippen LogP contribution is 2.51. The van der Waals surface area contributed by atoms with Gasteiger partial charge in [0.1, 0.15) is 0 Å². The van der Waals surface area contributed by atoms with Crippen LogP contribution in [0.3, 0.4) is 0 Å². The van der Waals surface area contributed by atoms with Gasteiger partial charge in [-0.2, -0.15) is 0 Å². The van der Waals surface area contributed by atoms with E-state index in [0.29, 0.717) is 5.75 Å². The second kappa shape index (κ2) is 11.7. The van der Waals surface area contributed by atoms with Gasteiger partial charge in [-0.05, 0) is 81.6 Å². The highest BCUT2D eigenvalue weighted by Gasteiger charge is 2.52. The fourth-order valence-corrected chi connectivity index (χ4v) is 6.83. The number of rotatable bonds is 9. The van der Waals surface area contributed by atoms with Gasteiger partial charge < -0.3 is 25.0 Å². The molecule has 2 aromatic rings. The number of hydrogen-bond donors (Lipinski definition) is 2. The molecule has 0 spiro atoms. The Kier molecular flexibility index (Phi) is 8.71. The van der Waals surface area contributed by atoms with Gasteiger partial charge in [0.2, 0.25) is 0 Å². The first-order chi connectivity index (χ1) is 18.5. The number of halogens is 2. The van der Waals surface area contributed by atoms with Gasteiger partial charge in [0, 0.05) is 42.3 Å². The van der Waals surface area contributed by atoms with Crippen molar-refractivity contribution >= 4 is 11.7 Å². The standard InChI is InChI=1S/C30H42F2N4O3/c1-29(2,18-35(3)4)19-36-14-13-30(20-7-10-25(38-5)26(15-20)39-6)12-11-22(17-27(30)36)34-28(37)33-21-8-9-23(31)24(32)16-21/h7-10,15-16,22,27H,11-14,17-19H2,1-6H3,(H2,33,34,37). The van der Waals surface area contributed by atoms with Crippen molar-refractivity contribution in [2.24, 2.45) is 5.41 Å². The minimum atomic E-state index is -0.993. The molecule has 0 aromatic heterocycles. The van der Waals surface area contributed by atoms with Crippen molar-refractivity contribution in [3.05, 3.63) is 53.6 Å². The van der Waals surface area contributed by atoms with Crippen molar-refractivity contribution in [2.75, 3.05) is 53.3 Å². The van der Waals surface area contributed by atoms with Crippen LogP contribution in [0.1, 0.15) is 45.1 Å². The smallest absolute Gasteiger partial charge is 0.319 e. The Hall–Kier alpha value is -2.91. The van der Waals surface area contributed by atoms with Crippen LogP contribution >= 0.6 is 0 Å². The van der Waals surface area contributed by atoms with Gasteiger partial charge in [-0.3, -0.25) is 4.90 Å². The fourth-order valence-electron chi connectivity index (χ4n) is 6.83. The number of nitrogens with one attached hydrogen (secondary N) is 2. The zero-order valence-corrected chi connectivity index (χ0v) is 23.9. The summed E-state index contributed by atoms with van der Waals surface area (Å²) in [5.74, 6) is -0.508. The number of hydrogen-bond acceptors (Lipinski definition) is 5. The fraction of sp³-hybridized carbons (Fsp3) is 0.567. The van der Waals surface area contributed by atoms with E-state index < -0.39 is 17.7 Å². The van der Waals surface area contributed by atoms with Crippen LogP contribution in [-0.4, -0.2) is 75.9 Å². The zero-order chi connectivity index (χ0) is 28.4. The van der Waals surface area contributed by atoms with Crippen molar-refractivity contribution in [1.29, 1.82) is 0 Å². The van der Waals surface area contributed by atoms with Gasteiger partial charge in [-0.15, -0.1) is 0 Å². The van der Waals surface area contributed by atoms with Gasteiger partial charge >= 0.3 is 6.03 Å². The molecule has 1 heterocycles. The van der Waals surface area contributed by atoms with Crippen LogP contribution in [-0.2, 0) is 5.41 Å². The molecule has 0 bridgehead atoms. The summed E-state index contributed by atoms with van der Waals surface area (Å²) in [6.07, 6.45) is 3.54. The molecule has 4 rings (SSSR count). The van der Waals surface area contributed by atoms with E-state index in [1.807, 2.05) is 6.07 Å². The normalized spacial score (nSPS) is 23.4. The molecule has 9 heteroatoms. The van der Waals surface area contributed by atoms with E-state index >= 15 is 0 Å². The molecule has 2 aromatic carbocycles. The maximum absolute atomic E-state index is 13.6. The van der Waals surface area contributed by atoms with Crippen LogP contribution in [0.4, 0.5) is 19.3 Å². The average molecular weight is 545 g/mol. The molecule has 7 nitrogen and oxygen atoms in total. The maximum Gasteiger partial charge on any atom is 0.319 e. The van der Waals surface area contributed by atoms with Crippen LogP contribution in [0.5, 0.6) is 11.5 Å². The van der Waals surface area contributed by atoms with Crippen LogP contribution in [0.2, 0.25) is 0 Å². The van der Waals surface area contributed by atoms with Crippen molar-refractivity contribution in [2.45, 2.75) is 57.0 Å². The zero-order valence-electron chi connectivity index (χ0n) is 23.9. The number of ether oxygens (including phenoxy) is 2. The van der Waals surface area contributed by atoms with E-state index in [0.717, 1.165) is 63.2 Å². The summed E-state index contributed by atoms with van der Waals surface area (Å²) in [7, 11) is 7.51. The summed E-state index contributed by atoms with van der Waals surface area (Å²) < 4.78 is 38.1. The second-order valence-electron chi connectivity index (χ2n) is 12.1. The lowest BCUT2D eigenvalue weighted by Gasteiger charge is -2.47. The van der Waals surface area contributed by atoms with Gasteiger partial charge in [0.05, 0.1) is 14.2 Å². The molecule has 1 aliphatic heterocycles. The minimum Gasteiger partial charge on any atom is -0.493 e. The Morgan fingerprint density at radius 1 is 1.08 bits per heavy atom. The third kappa shape index (κ3) is 6.47. The Labute approximate surface area is 230 Å². The van der Waals surface area contributed by atoms with Crippen LogP contribution in [0.25, 0.3) is 0 Å². The quantitative estimate of drug-likeness (QED) is 0.451. The number of carbonyl (C=O) groups is 1. The number of urea groups is 1. The summed E-state index contributed by atoms with van der Waals surface area (Å²) in [5, 5.41) is 5.74. The molecule has 0 radical (unpaired) electrons.